The fourth-order valence-electron chi connectivity index (χ4n) is 3.75. The smallest absolute Gasteiger partial charge is 0.231 e. The second-order valence-electron chi connectivity index (χ2n) is 6.99. The van der Waals surface area contributed by atoms with Crippen LogP contribution < -0.4 is 10.2 Å². The lowest BCUT2D eigenvalue weighted by molar-refractivity contribution is -0.123. The lowest BCUT2D eigenvalue weighted by Gasteiger charge is -2.23. The lowest BCUT2D eigenvalue weighted by atomic mass is 10.1. The number of carbonyl (C=O) groups excluding carboxylic acids is 2. The zero-order valence-electron chi connectivity index (χ0n) is 14.5. The molecule has 2 aromatic carbocycles. The fraction of sp³-hybridized carbons (Fsp3) is 0.286. The molecule has 2 amide bonds. The van der Waals surface area contributed by atoms with Crippen LogP contribution in [0.3, 0.4) is 0 Å². The average molecular weight is 345 g/mol. The van der Waals surface area contributed by atoms with Crippen LogP contribution in [-0.4, -0.2) is 17.9 Å². The lowest BCUT2D eigenvalue weighted by Crippen LogP contribution is -2.37. The van der Waals surface area contributed by atoms with Crippen molar-refractivity contribution < 1.29 is 9.59 Å². The number of para-hydroxylation sites is 2. The number of hydrogen-bond acceptors (Lipinski definition) is 3. The fourth-order valence-corrected chi connectivity index (χ4v) is 3.75. The number of rotatable bonds is 3. The maximum absolute atomic E-state index is 13.0. The summed E-state index contributed by atoms with van der Waals surface area (Å²) in [6, 6.07) is 17.0. The SMILES string of the molecule is CC1Cc2ccccc2N1C(=O)C1CC1C(=O)Nc1ccccc1C#N. The minimum Gasteiger partial charge on any atom is -0.325 e. The molecule has 1 saturated carbocycles. The van der Waals surface area contributed by atoms with Gasteiger partial charge in [0.05, 0.1) is 23.1 Å². The van der Waals surface area contributed by atoms with Crippen molar-refractivity contribution in [2.24, 2.45) is 11.8 Å². The van der Waals surface area contributed by atoms with E-state index >= 15 is 0 Å². The molecule has 130 valence electrons. The van der Waals surface area contributed by atoms with Gasteiger partial charge in [-0.15, -0.1) is 0 Å². The summed E-state index contributed by atoms with van der Waals surface area (Å²) < 4.78 is 0. The summed E-state index contributed by atoms with van der Waals surface area (Å²) in [5.74, 6) is -0.769. The molecule has 0 spiro atoms. The van der Waals surface area contributed by atoms with Crippen LogP contribution >= 0.6 is 0 Å². The summed E-state index contributed by atoms with van der Waals surface area (Å²) in [7, 11) is 0. The van der Waals surface area contributed by atoms with Crippen LogP contribution in [0.5, 0.6) is 0 Å². The van der Waals surface area contributed by atoms with E-state index in [2.05, 4.69) is 17.5 Å². The van der Waals surface area contributed by atoms with Crippen molar-refractivity contribution in [3.05, 3.63) is 59.7 Å². The van der Waals surface area contributed by atoms with Gasteiger partial charge in [-0.05, 0) is 43.5 Å². The maximum atomic E-state index is 13.0. The molecule has 5 nitrogen and oxygen atoms in total. The van der Waals surface area contributed by atoms with Crippen LogP contribution in [-0.2, 0) is 16.0 Å². The molecule has 26 heavy (non-hydrogen) atoms. The maximum Gasteiger partial charge on any atom is 0.231 e. The van der Waals surface area contributed by atoms with E-state index in [0.29, 0.717) is 17.7 Å². The molecule has 3 atom stereocenters. The van der Waals surface area contributed by atoms with Crippen molar-refractivity contribution in [1.82, 2.24) is 0 Å². The zero-order chi connectivity index (χ0) is 18.3. The molecule has 1 aliphatic heterocycles. The Morgan fingerprint density at radius 1 is 1.12 bits per heavy atom. The first-order valence-electron chi connectivity index (χ1n) is 8.81. The highest BCUT2D eigenvalue weighted by Gasteiger charge is 2.51. The van der Waals surface area contributed by atoms with Gasteiger partial charge in [0, 0.05) is 11.7 Å². The molecule has 1 N–H and O–H groups in total. The number of carbonyl (C=O) groups is 2. The minimum absolute atomic E-state index is 0.0242. The van der Waals surface area contributed by atoms with Gasteiger partial charge >= 0.3 is 0 Å². The topological polar surface area (TPSA) is 73.2 Å². The van der Waals surface area contributed by atoms with Crippen molar-refractivity contribution in [1.29, 1.82) is 5.26 Å². The van der Waals surface area contributed by atoms with E-state index in [0.717, 1.165) is 12.1 Å². The standard InChI is InChI=1S/C21H19N3O2/c1-13-10-14-6-3-5-9-19(14)24(13)21(26)17-11-16(17)20(25)23-18-8-4-2-7-15(18)12-22/h2-9,13,16-17H,10-11H2,1H3,(H,23,25). The number of hydrogen-bond donors (Lipinski definition) is 1. The third-order valence-corrected chi connectivity index (χ3v) is 5.19. The van der Waals surface area contributed by atoms with E-state index in [1.54, 1.807) is 24.3 Å². The molecule has 5 heteroatoms. The molecule has 2 aromatic rings. The van der Waals surface area contributed by atoms with Gasteiger partial charge in [-0.2, -0.15) is 5.26 Å². The second kappa shape index (κ2) is 6.30. The van der Waals surface area contributed by atoms with Crippen molar-refractivity contribution in [3.8, 4) is 6.07 Å². The predicted molar refractivity (Wildman–Crippen MR) is 98.5 cm³/mol. The Hall–Kier alpha value is -3.13. The molecule has 0 radical (unpaired) electrons. The largest absolute Gasteiger partial charge is 0.325 e. The molecule has 4 rings (SSSR count). The first-order valence-corrected chi connectivity index (χ1v) is 8.81. The summed E-state index contributed by atoms with van der Waals surface area (Å²) >= 11 is 0. The highest BCUT2D eigenvalue weighted by molar-refractivity contribution is 6.05. The highest BCUT2D eigenvalue weighted by atomic mass is 16.2. The zero-order valence-corrected chi connectivity index (χ0v) is 14.5. The van der Waals surface area contributed by atoms with Gasteiger partial charge in [-0.1, -0.05) is 30.3 Å². The van der Waals surface area contributed by atoms with Crippen LogP contribution in [0.2, 0.25) is 0 Å². The third kappa shape index (κ3) is 2.74. The molecule has 1 heterocycles. The molecule has 0 saturated heterocycles. The van der Waals surface area contributed by atoms with Gasteiger partial charge in [0.1, 0.15) is 6.07 Å². The van der Waals surface area contributed by atoms with E-state index < -0.39 is 0 Å². The number of nitriles is 1. The Kier molecular flexibility index (Phi) is 3.96. The number of anilines is 2. The second-order valence-corrected chi connectivity index (χ2v) is 6.99. The summed E-state index contributed by atoms with van der Waals surface area (Å²) in [6.45, 7) is 2.04. The highest BCUT2D eigenvalue weighted by Crippen LogP contribution is 2.44. The monoisotopic (exact) mass is 345 g/mol. The van der Waals surface area contributed by atoms with Gasteiger partial charge in [-0.3, -0.25) is 9.59 Å². The molecule has 0 bridgehead atoms. The first-order chi connectivity index (χ1) is 12.6. The molecular formula is C21H19N3O2. The molecule has 1 fully saturated rings. The van der Waals surface area contributed by atoms with E-state index in [4.69, 9.17) is 5.26 Å². The van der Waals surface area contributed by atoms with Crippen LogP contribution in [0.25, 0.3) is 0 Å². The van der Waals surface area contributed by atoms with Crippen LogP contribution in [0.1, 0.15) is 24.5 Å². The molecule has 0 aromatic heterocycles. The molecular weight excluding hydrogens is 326 g/mol. The molecule has 2 aliphatic rings. The van der Waals surface area contributed by atoms with E-state index in [1.807, 2.05) is 30.0 Å². The van der Waals surface area contributed by atoms with Crippen molar-refractivity contribution in [2.45, 2.75) is 25.8 Å². The number of amides is 2. The summed E-state index contributed by atoms with van der Waals surface area (Å²) in [6.07, 6.45) is 1.41. The van der Waals surface area contributed by atoms with Gasteiger partial charge in [-0.25, -0.2) is 0 Å². The number of nitrogens with zero attached hydrogens (tertiary/aromatic N) is 2. The third-order valence-electron chi connectivity index (χ3n) is 5.19. The van der Waals surface area contributed by atoms with Gasteiger partial charge in [0.25, 0.3) is 0 Å². The average Bonchev–Trinajstić information content (AvgIpc) is 3.38. The number of nitrogens with one attached hydrogen (secondary N) is 1. The Bertz CT molecular complexity index is 931. The Balaban J connectivity index is 1.46. The normalized spacial score (nSPS) is 23.1. The quantitative estimate of drug-likeness (QED) is 0.929. The molecule has 1 aliphatic carbocycles. The van der Waals surface area contributed by atoms with Crippen molar-refractivity contribution in [3.63, 3.8) is 0 Å². The Morgan fingerprint density at radius 2 is 1.85 bits per heavy atom. The van der Waals surface area contributed by atoms with Gasteiger partial charge in [0.2, 0.25) is 11.8 Å². The van der Waals surface area contributed by atoms with E-state index in [9.17, 15) is 9.59 Å². The summed E-state index contributed by atoms with van der Waals surface area (Å²) in [5, 5.41) is 11.9. The Labute approximate surface area is 152 Å². The predicted octanol–water partition coefficient (Wildman–Crippen LogP) is 3.11. The van der Waals surface area contributed by atoms with E-state index in [1.165, 1.54) is 5.56 Å². The van der Waals surface area contributed by atoms with E-state index in [-0.39, 0.29) is 29.7 Å². The number of benzene rings is 2. The number of fused-ring (bicyclic) bond motifs is 1. The molecule has 3 unspecified atom stereocenters. The van der Waals surface area contributed by atoms with Crippen LogP contribution in [0, 0.1) is 23.2 Å². The minimum atomic E-state index is -0.325. The van der Waals surface area contributed by atoms with Crippen LogP contribution in [0.4, 0.5) is 11.4 Å². The van der Waals surface area contributed by atoms with Crippen molar-refractivity contribution >= 4 is 23.2 Å². The first kappa shape index (κ1) is 16.3. The van der Waals surface area contributed by atoms with Crippen molar-refractivity contribution in [2.75, 3.05) is 10.2 Å². The van der Waals surface area contributed by atoms with Gasteiger partial charge in [0.15, 0.2) is 0 Å². The van der Waals surface area contributed by atoms with Crippen LogP contribution in [0.15, 0.2) is 48.5 Å². The van der Waals surface area contributed by atoms with Gasteiger partial charge < -0.3 is 10.2 Å². The Morgan fingerprint density at radius 3 is 2.65 bits per heavy atom. The summed E-state index contributed by atoms with van der Waals surface area (Å²) in [4.78, 5) is 27.3. The summed E-state index contributed by atoms with van der Waals surface area (Å²) in [5.41, 5.74) is 3.06.